The van der Waals surface area contributed by atoms with Crippen LogP contribution < -0.4 is 10.2 Å². The average Bonchev–Trinajstić information content (AvgIpc) is 2.98. The number of nitrogens with one attached hydrogen (secondary N) is 1. The number of carbonyl (C=O) groups is 2. The summed E-state index contributed by atoms with van der Waals surface area (Å²) < 4.78 is 13.5. The van der Waals surface area contributed by atoms with Crippen LogP contribution in [0, 0.1) is 5.82 Å². The monoisotopic (exact) mass is 434 g/mol. The number of nitrogens with zero attached hydrogens (tertiary/aromatic N) is 1. The van der Waals surface area contributed by atoms with Crippen LogP contribution in [0.1, 0.15) is 30.9 Å². The first-order valence-corrected chi connectivity index (χ1v) is 10.2. The second-order valence-corrected chi connectivity index (χ2v) is 8.02. The van der Waals surface area contributed by atoms with Crippen molar-refractivity contribution in [2.75, 3.05) is 10.2 Å². The topological polar surface area (TPSA) is 49.4 Å². The summed E-state index contributed by atoms with van der Waals surface area (Å²) >= 11 is 6.08. The van der Waals surface area contributed by atoms with Crippen molar-refractivity contribution < 1.29 is 14.0 Å². The van der Waals surface area contributed by atoms with Crippen molar-refractivity contribution in [3.8, 4) is 0 Å². The fourth-order valence-corrected chi connectivity index (χ4v) is 3.66. The number of hydrogen-bond acceptors (Lipinski definition) is 3. The number of amides is 2. The van der Waals surface area contributed by atoms with E-state index >= 15 is 0 Å². The summed E-state index contributed by atoms with van der Waals surface area (Å²) in [4.78, 5) is 27.7. The molecule has 0 unspecified atom stereocenters. The van der Waals surface area contributed by atoms with Gasteiger partial charge in [0.2, 0.25) is 0 Å². The molecule has 1 aliphatic heterocycles. The maximum absolute atomic E-state index is 13.5. The van der Waals surface area contributed by atoms with Crippen molar-refractivity contribution in [2.24, 2.45) is 0 Å². The molecule has 1 N–H and O–H groups in total. The first-order chi connectivity index (χ1) is 14.8. The zero-order chi connectivity index (χ0) is 22.1. The van der Waals surface area contributed by atoms with Gasteiger partial charge < -0.3 is 5.32 Å². The Morgan fingerprint density at radius 2 is 1.58 bits per heavy atom. The lowest BCUT2D eigenvalue weighted by atomic mass is 10.0. The Morgan fingerprint density at radius 1 is 0.903 bits per heavy atom. The van der Waals surface area contributed by atoms with Gasteiger partial charge in [-0.2, -0.15) is 0 Å². The SMILES string of the molecule is CC(C)c1ccc(NC2=C(c3ccc(F)cc3)C(=O)N(c3cccc(Cl)c3)C2=O)cc1. The normalized spacial score (nSPS) is 14.0. The highest BCUT2D eigenvalue weighted by atomic mass is 35.5. The Bertz CT molecular complexity index is 1180. The molecule has 156 valence electrons. The second-order valence-electron chi connectivity index (χ2n) is 7.58. The number of benzene rings is 3. The Balaban J connectivity index is 1.78. The average molecular weight is 435 g/mol. The Morgan fingerprint density at radius 3 is 2.19 bits per heavy atom. The van der Waals surface area contributed by atoms with Crippen LogP contribution in [0.5, 0.6) is 0 Å². The van der Waals surface area contributed by atoms with E-state index in [4.69, 9.17) is 11.6 Å². The second kappa shape index (κ2) is 8.36. The minimum absolute atomic E-state index is 0.133. The van der Waals surface area contributed by atoms with Crippen molar-refractivity contribution in [1.29, 1.82) is 0 Å². The van der Waals surface area contributed by atoms with Crippen LogP contribution in [0.2, 0.25) is 5.02 Å². The van der Waals surface area contributed by atoms with Crippen LogP contribution in [0.3, 0.4) is 0 Å². The fraction of sp³-hybridized carbons (Fsp3) is 0.120. The van der Waals surface area contributed by atoms with Crippen LogP contribution in [0.25, 0.3) is 5.57 Å². The van der Waals surface area contributed by atoms with Gasteiger partial charge in [-0.05, 0) is 59.5 Å². The summed E-state index contributed by atoms with van der Waals surface area (Å²) in [5.74, 6) is -1.05. The van der Waals surface area contributed by atoms with E-state index in [1.54, 1.807) is 24.3 Å². The Hall–Kier alpha value is -3.44. The van der Waals surface area contributed by atoms with Gasteiger partial charge in [0.1, 0.15) is 11.5 Å². The number of rotatable bonds is 5. The molecule has 1 heterocycles. The van der Waals surface area contributed by atoms with Gasteiger partial charge in [0.15, 0.2) is 0 Å². The van der Waals surface area contributed by atoms with Crippen LogP contribution >= 0.6 is 11.6 Å². The number of anilines is 2. The summed E-state index contributed by atoms with van der Waals surface area (Å²) in [6, 6.07) is 19.7. The lowest BCUT2D eigenvalue weighted by Gasteiger charge is -2.15. The van der Waals surface area contributed by atoms with E-state index < -0.39 is 17.6 Å². The summed E-state index contributed by atoms with van der Waals surface area (Å²) in [5, 5.41) is 3.51. The van der Waals surface area contributed by atoms with E-state index in [-0.39, 0.29) is 11.3 Å². The van der Waals surface area contributed by atoms with Gasteiger partial charge >= 0.3 is 0 Å². The largest absolute Gasteiger partial charge is 0.350 e. The van der Waals surface area contributed by atoms with E-state index in [2.05, 4.69) is 19.2 Å². The zero-order valence-electron chi connectivity index (χ0n) is 17.0. The Kier molecular flexibility index (Phi) is 5.61. The van der Waals surface area contributed by atoms with Crippen LogP contribution in [-0.2, 0) is 9.59 Å². The molecule has 1 aliphatic rings. The van der Waals surface area contributed by atoms with Crippen molar-refractivity contribution >= 4 is 40.4 Å². The third kappa shape index (κ3) is 4.09. The molecule has 0 spiro atoms. The van der Waals surface area contributed by atoms with Gasteiger partial charge in [0.05, 0.1) is 11.3 Å². The molecule has 0 radical (unpaired) electrons. The predicted molar refractivity (Wildman–Crippen MR) is 121 cm³/mol. The summed E-state index contributed by atoms with van der Waals surface area (Å²) in [5.41, 5.74) is 2.97. The van der Waals surface area contributed by atoms with Crippen molar-refractivity contribution in [1.82, 2.24) is 0 Å². The first-order valence-electron chi connectivity index (χ1n) is 9.86. The number of imide groups is 1. The summed E-state index contributed by atoms with van der Waals surface area (Å²) in [7, 11) is 0. The molecule has 3 aromatic carbocycles. The van der Waals surface area contributed by atoms with Crippen molar-refractivity contribution in [2.45, 2.75) is 19.8 Å². The van der Waals surface area contributed by atoms with Gasteiger partial charge in [-0.3, -0.25) is 9.59 Å². The molecule has 0 saturated carbocycles. The third-order valence-electron chi connectivity index (χ3n) is 5.13. The van der Waals surface area contributed by atoms with E-state index in [1.807, 2.05) is 24.3 Å². The van der Waals surface area contributed by atoms with Gasteiger partial charge in [0.25, 0.3) is 11.8 Å². The maximum Gasteiger partial charge on any atom is 0.282 e. The van der Waals surface area contributed by atoms with Crippen LogP contribution in [-0.4, -0.2) is 11.8 Å². The first kappa shape index (κ1) is 20.8. The lowest BCUT2D eigenvalue weighted by Crippen LogP contribution is -2.32. The van der Waals surface area contributed by atoms with E-state index in [1.165, 1.54) is 24.3 Å². The van der Waals surface area contributed by atoms with Crippen LogP contribution in [0.15, 0.2) is 78.5 Å². The van der Waals surface area contributed by atoms with Gasteiger partial charge in [0, 0.05) is 10.7 Å². The lowest BCUT2D eigenvalue weighted by molar-refractivity contribution is -0.120. The van der Waals surface area contributed by atoms with Gasteiger partial charge in [-0.15, -0.1) is 0 Å². The van der Waals surface area contributed by atoms with E-state index in [9.17, 15) is 14.0 Å². The van der Waals surface area contributed by atoms with E-state index in [0.717, 1.165) is 10.5 Å². The molecule has 0 bridgehead atoms. The molecule has 2 amide bonds. The molecule has 4 nitrogen and oxygen atoms in total. The van der Waals surface area contributed by atoms with Crippen molar-refractivity contribution in [3.63, 3.8) is 0 Å². The van der Waals surface area contributed by atoms with Gasteiger partial charge in [-0.25, -0.2) is 9.29 Å². The highest BCUT2D eigenvalue weighted by molar-refractivity contribution is 6.46. The molecule has 31 heavy (non-hydrogen) atoms. The smallest absolute Gasteiger partial charge is 0.282 e. The highest BCUT2D eigenvalue weighted by Gasteiger charge is 2.40. The minimum atomic E-state index is -0.500. The maximum atomic E-state index is 13.5. The highest BCUT2D eigenvalue weighted by Crippen LogP contribution is 2.34. The van der Waals surface area contributed by atoms with E-state index in [0.29, 0.717) is 27.9 Å². The molecule has 3 aromatic rings. The molecular formula is C25H20ClFN2O2. The van der Waals surface area contributed by atoms with Crippen molar-refractivity contribution in [3.05, 3.63) is 100 Å². The molecular weight excluding hydrogens is 415 g/mol. The fourth-order valence-electron chi connectivity index (χ4n) is 3.48. The predicted octanol–water partition coefficient (Wildman–Crippen LogP) is 6.00. The standard InChI is InChI=1S/C25H20ClFN2O2/c1-15(2)16-8-12-20(13-9-16)28-23-22(17-6-10-19(27)11-7-17)24(30)29(25(23)31)21-5-3-4-18(26)14-21/h3-15,28H,1-2H3. The summed E-state index contributed by atoms with van der Waals surface area (Å²) in [6.45, 7) is 4.19. The number of halogens is 2. The summed E-state index contributed by atoms with van der Waals surface area (Å²) in [6.07, 6.45) is 0. The quantitative estimate of drug-likeness (QED) is 0.501. The molecule has 0 saturated heterocycles. The third-order valence-corrected chi connectivity index (χ3v) is 5.36. The molecule has 0 aliphatic carbocycles. The molecule has 0 fully saturated rings. The molecule has 0 atom stereocenters. The number of carbonyl (C=O) groups excluding carboxylic acids is 2. The zero-order valence-corrected chi connectivity index (χ0v) is 17.8. The molecule has 6 heteroatoms. The molecule has 0 aromatic heterocycles. The number of hydrogen-bond donors (Lipinski definition) is 1. The van der Waals surface area contributed by atoms with Crippen LogP contribution in [0.4, 0.5) is 15.8 Å². The van der Waals surface area contributed by atoms with Gasteiger partial charge in [-0.1, -0.05) is 55.8 Å². The minimum Gasteiger partial charge on any atom is -0.350 e. The Labute approximate surface area is 185 Å². The molecule has 4 rings (SSSR count).